The van der Waals surface area contributed by atoms with Gasteiger partial charge in [-0.1, -0.05) is 43.3 Å². The third-order valence-corrected chi connectivity index (χ3v) is 7.28. The SMILES string of the molecule is CCc1ccccc1OCc1cc(-c2cccc(C(N)CF)c2F)cc(N2CCC3(CCO3)C2)c1. The van der Waals surface area contributed by atoms with Crippen LogP contribution in [0.1, 0.15) is 42.5 Å². The normalized spacial score (nSPS) is 20.2. The quantitative estimate of drug-likeness (QED) is 0.433. The highest BCUT2D eigenvalue weighted by Crippen LogP contribution is 2.39. The first kappa shape index (κ1) is 23.8. The van der Waals surface area contributed by atoms with E-state index in [9.17, 15) is 4.39 Å². The summed E-state index contributed by atoms with van der Waals surface area (Å²) in [4.78, 5) is 2.31. The van der Waals surface area contributed by atoms with Crippen molar-refractivity contribution in [3.63, 3.8) is 0 Å². The van der Waals surface area contributed by atoms with Gasteiger partial charge in [-0.25, -0.2) is 8.78 Å². The van der Waals surface area contributed by atoms with Gasteiger partial charge in [-0.3, -0.25) is 0 Å². The molecule has 2 heterocycles. The first-order valence-electron chi connectivity index (χ1n) is 12.4. The summed E-state index contributed by atoms with van der Waals surface area (Å²) >= 11 is 0. The van der Waals surface area contributed by atoms with Crippen molar-refractivity contribution in [1.82, 2.24) is 0 Å². The van der Waals surface area contributed by atoms with Crippen LogP contribution in [0.2, 0.25) is 0 Å². The third-order valence-electron chi connectivity index (χ3n) is 7.28. The Labute approximate surface area is 205 Å². The Kier molecular flexibility index (Phi) is 6.76. The number of alkyl halides is 1. The third kappa shape index (κ3) is 4.78. The van der Waals surface area contributed by atoms with Crippen LogP contribution in [0.15, 0.2) is 60.7 Å². The van der Waals surface area contributed by atoms with Crippen LogP contribution < -0.4 is 15.4 Å². The van der Waals surface area contributed by atoms with Crippen molar-refractivity contribution in [2.75, 3.05) is 31.3 Å². The number of ether oxygens (including phenoxy) is 2. The molecule has 3 aromatic carbocycles. The number of aryl methyl sites for hydroxylation is 1. The van der Waals surface area contributed by atoms with Crippen LogP contribution in [0.4, 0.5) is 14.5 Å². The van der Waals surface area contributed by atoms with E-state index in [0.717, 1.165) is 67.1 Å². The number of nitrogens with zero attached hydrogens (tertiary/aromatic N) is 1. The van der Waals surface area contributed by atoms with E-state index in [2.05, 4.69) is 24.0 Å². The van der Waals surface area contributed by atoms with Gasteiger partial charge in [0, 0.05) is 36.3 Å². The monoisotopic (exact) mass is 478 g/mol. The van der Waals surface area contributed by atoms with Crippen LogP contribution in [0.5, 0.6) is 5.75 Å². The minimum Gasteiger partial charge on any atom is -0.489 e. The topological polar surface area (TPSA) is 47.7 Å². The Morgan fingerprint density at radius 1 is 1.11 bits per heavy atom. The van der Waals surface area contributed by atoms with E-state index in [-0.39, 0.29) is 11.2 Å². The molecule has 0 aromatic heterocycles. The molecule has 0 saturated carbocycles. The first-order chi connectivity index (χ1) is 17.0. The maximum Gasteiger partial charge on any atom is 0.135 e. The molecule has 35 heavy (non-hydrogen) atoms. The van der Waals surface area contributed by atoms with Crippen molar-refractivity contribution in [3.05, 3.63) is 83.2 Å². The van der Waals surface area contributed by atoms with Gasteiger partial charge in [0.05, 0.1) is 18.2 Å². The zero-order valence-corrected chi connectivity index (χ0v) is 20.1. The summed E-state index contributed by atoms with van der Waals surface area (Å²) in [6, 6.07) is 18.1. The predicted octanol–water partition coefficient (Wildman–Crippen LogP) is 5.97. The van der Waals surface area contributed by atoms with Crippen LogP contribution in [-0.4, -0.2) is 32.0 Å². The van der Waals surface area contributed by atoms with Crippen molar-refractivity contribution in [3.8, 4) is 16.9 Å². The Morgan fingerprint density at radius 2 is 1.94 bits per heavy atom. The van der Waals surface area contributed by atoms with E-state index in [1.54, 1.807) is 18.2 Å². The Hall–Kier alpha value is -2.96. The molecule has 5 rings (SSSR count). The van der Waals surface area contributed by atoms with E-state index in [0.29, 0.717) is 12.2 Å². The van der Waals surface area contributed by atoms with E-state index in [4.69, 9.17) is 15.2 Å². The summed E-state index contributed by atoms with van der Waals surface area (Å²) in [5.74, 6) is 0.380. The Bertz CT molecular complexity index is 1200. The van der Waals surface area contributed by atoms with Crippen molar-refractivity contribution in [1.29, 1.82) is 0 Å². The fraction of sp³-hybridized carbons (Fsp3) is 0.379. The number of nitrogens with two attached hydrogens (primary N) is 1. The molecule has 0 bridgehead atoms. The van der Waals surface area contributed by atoms with Gasteiger partial charge < -0.3 is 20.1 Å². The van der Waals surface area contributed by atoms with Crippen LogP contribution >= 0.6 is 0 Å². The number of hydrogen-bond donors (Lipinski definition) is 1. The van der Waals surface area contributed by atoms with Crippen molar-refractivity contribution >= 4 is 5.69 Å². The van der Waals surface area contributed by atoms with Gasteiger partial charge >= 0.3 is 0 Å². The molecule has 4 nitrogen and oxygen atoms in total. The number of halogens is 2. The number of benzene rings is 3. The summed E-state index contributed by atoms with van der Waals surface area (Å²) in [6.45, 7) is 4.17. The molecule has 2 atom stereocenters. The first-order valence-corrected chi connectivity index (χ1v) is 12.4. The molecule has 3 aromatic rings. The van der Waals surface area contributed by atoms with Crippen molar-refractivity contribution in [2.45, 2.75) is 44.4 Å². The molecule has 2 unspecified atom stereocenters. The lowest BCUT2D eigenvalue weighted by atomic mass is 9.94. The summed E-state index contributed by atoms with van der Waals surface area (Å²) in [6.07, 6.45) is 2.94. The molecule has 2 aliphatic rings. The van der Waals surface area contributed by atoms with Crippen LogP contribution in [0.25, 0.3) is 11.1 Å². The van der Waals surface area contributed by atoms with Gasteiger partial charge in [-0.2, -0.15) is 0 Å². The zero-order valence-electron chi connectivity index (χ0n) is 20.1. The highest BCUT2D eigenvalue weighted by molar-refractivity contribution is 5.71. The van der Waals surface area contributed by atoms with Crippen molar-refractivity contribution in [2.24, 2.45) is 5.73 Å². The van der Waals surface area contributed by atoms with Gasteiger partial charge in [0.1, 0.15) is 24.8 Å². The fourth-order valence-corrected chi connectivity index (χ4v) is 5.11. The zero-order chi connectivity index (χ0) is 24.4. The molecule has 2 fully saturated rings. The number of rotatable bonds is 8. The minimum absolute atomic E-state index is 0.0498. The van der Waals surface area contributed by atoms with Gasteiger partial charge in [0.15, 0.2) is 0 Å². The fourth-order valence-electron chi connectivity index (χ4n) is 5.11. The van der Waals surface area contributed by atoms with Crippen LogP contribution in [0.3, 0.4) is 0 Å². The van der Waals surface area contributed by atoms with Crippen LogP contribution in [-0.2, 0) is 17.8 Å². The predicted molar refractivity (Wildman–Crippen MR) is 135 cm³/mol. The van der Waals surface area contributed by atoms with Crippen molar-refractivity contribution < 1.29 is 18.3 Å². The molecule has 184 valence electrons. The Morgan fingerprint density at radius 3 is 2.66 bits per heavy atom. The molecule has 2 N–H and O–H groups in total. The smallest absolute Gasteiger partial charge is 0.135 e. The minimum atomic E-state index is -0.985. The molecule has 1 spiro atoms. The molecule has 2 aliphatic heterocycles. The lowest BCUT2D eigenvalue weighted by Gasteiger charge is -2.38. The van der Waals surface area contributed by atoms with Gasteiger partial charge in [0.2, 0.25) is 0 Å². The summed E-state index contributed by atoms with van der Waals surface area (Å²) in [5.41, 5.74) is 10.2. The largest absolute Gasteiger partial charge is 0.489 e. The average Bonchev–Trinajstić information content (AvgIpc) is 3.34. The second-order valence-corrected chi connectivity index (χ2v) is 9.56. The lowest BCUT2D eigenvalue weighted by Crippen LogP contribution is -2.45. The summed E-state index contributed by atoms with van der Waals surface area (Å²) < 4.78 is 40.8. The van der Waals surface area contributed by atoms with E-state index < -0.39 is 18.5 Å². The molecule has 2 saturated heterocycles. The highest BCUT2D eigenvalue weighted by atomic mass is 19.1. The molecule has 0 aliphatic carbocycles. The maximum atomic E-state index is 15.5. The summed E-state index contributed by atoms with van der Waals surface area (Å²) in [7, 11) is 0. The Balaban J connectivity index is 1.50. The molecule has 0 amide bonds. The van der Waals surface area contributed by atoms with Gasteiger partial charge in [-0.05, 0) is 53.8 Å². The number of anilines is 1. The number of para-hydroxylation sites is 1. The molecular formula is C29H32F2N2O2. The van der Waals surface area contributed by atoms with E-state index in [1.165, 1.54) is 0 Å². The molecular weight excluding hydrogens is 446 g/mol. The second-order valence-electron chi connectivity index (χ2n) is 9.56. The molecule has 0 radical (unpaired) electrons. The van der Waals surface area contributed by atoms with Gasteiger partial charge in [-0.15, -0.1) is 0 Å². The number of hydrogen-bond acceptors (Lipinski definition) is 4. The lowest BCUT2D eigenvalue weighted by molar-refractivity contribution is -0.130. The standard InChI is InChI=1S/C29H32F2N2O2/c1-2-21-6-3-4-9-27(21)34-18-20-14-22(24-7-5-8-25(28(24)31)26(32)17-30)16-23(15-20)33-12-10-29(19-33)11-13-35-29/h3-9,14-16,26H,2,10-13,17-19,32H2,1H3. The highest BCUT2D eigenvalue weighted by Gasteiger charge is 2.44. The van der Waals surface area contributed by atoms with E-state index in [1.807, 2.05) is 30.3 Å². The average molecular weight is 479 g/mol. The van der Waals surface area contributed by atoms with Crippen LogP contribution in [0, 0.1) is 5.82 Å². The van der Waals surface area contributed by atoms with Gasteiger partial charge in [0.25, 0.3) is 0 Å². The maximum absolute atomic E-state index is 15.5. The second kappa shape index (κ2) is 9.96. The summed E-state index contributed by atoms with van der Waals surface area (Å²) in [5, 5.41) is 0. The molecule has 6 heteroatoms. The van der Waals surface area contributed by atoms with E-state index >= 15 is 4.39 Å².